The molecule has 0 spiro atoms. The normalized spacial score (nSPS) is 26.1. The minimum absolute atomic E-state index is 0.0945. The van der Waals surface area contributed by atoms with E-state index in [0.29, 0.717) is 12.1 Å². The molecule has 3 rings (SSSR count). The molecule has 0 radical (unpaired) electrons. The SMILES string of the molecule is CC1CC(Nc2ccc3c(c2)NC(=O)CO3)CCO1. The van der Waals surface area contributed by atoms with Gasteiger partial charge in [-0.25, -0.2) is 0 Å². The molecule has 0 aromatic heterocycles. The third-order valence-electron chi connectivity index (χ3n) is 3.47. The lowest BCUT2D eigenvalue weighted by Crippen LogP contribution is -2.32. The highest BCUT2D eigenvalue weighted by Crippen LogP contribution is 2.31. The van der Waals surface area contributed by atoms with E-state index >= 15 is 0 Å². The molecule has 0 bridgehead atoms. The molecule has 1 fully saturated rings. The van der Waals surface area contributed by atoms with Gasteiger partial charge in [-0.05, 0) is 38.0 Å². The van der Waals surface area contributed by atoms with E-state index in [1.807, 2.05) is 18.2 Å². The van der Waals surface area contributed by atoms with Crippen LogP contribution in [-0.2, 0) is 9.53 Å². The van der Waals surface area contributed by atoms with E-state index in [4.69, 9.17) is 9.47 Å². The van der Waals surface area contributed by atoms with Crippen LogP contribution in [-0.4, -0.2) is 31.3 Å². The fourth-order valence-electron chi connectivity index (χ4n) is 2.54. The number of fused-ring (bicyclic) bond motifs is 1. The third-order valence-corrected chi connectivity index (χ3v) is 3.47. The lowest BCUT2D eigenvalue weighted by Gasteiger charge is -2.29. The van der Waals surface area contributed by atoms with Gasteiger partial charge >= 0.3 is 0 Å². The van der Waals surface area contributed by atoms with Gasteiger partial charge in [-0.1, -0.05) is 0 Å². The third kappa shape index (κ3) is 2.81. The molecular weight excluding hydrogens is 244 g/mol. The van der Waals surface area contributed by atoms with Crippen molar-refractivity contribution in [2.24, 2.45) is 0 Å². The first-order valence-corrected chi connectivity index (χ1v) is 6.65. The van der Waals surface area contributed by atoms with E-state index in [9.17, 15) is 4.79 Å². The summed E-state index contributed by atoms with van der Waals surface area (Å²) >= 11 is 0. The molecule has 2 aliphatic rings. The summed E-state index contributed by atoms with van der Waals surface area (Å²) in [6, 6.07) is 6.21. The maximum atomic E-state index is 11.3. The van der Waals surface area contributed by atoms with Crippen molar-refractivity contribution in [1.29, 1.82) is 0 Å². The first kappa shape index (κ1) is 12.3. The summed E-state index contributed by atoms with van der Waals surface area (Å²) in [7, 11) is 0. The van der Waals surface area contributed by atoms with Gasteiger partial charge in [0.05, 0.1) is 11.8 Å². The largest absolute Gasteiger partial charge is 0.482 e. The van der Waals surface area contributed by atoms with Crippen LogP contribution in [0.2, 0.25) is 0 Å². The van der Waals surface area contributed by atoms with Crippen LogP contribution >= 0.6 is 0 Å². The van der Waals surface area contributed by atoms with Gasteiger partial charge in [0, 0.05) is 18.3 Å². The van der Waals surface area contributed by atoms with Crippen molar-refractivity contribution >= 4 is 17.3 Å². The molecule has 2 heterocycles. The second-order valence-electron chi connectivity index (χ2n) is 5.09. The summed E-state index contributed by atoms with van der Waals surface area (Å²) in [5.74, 6) is 0.620. The second-order valence-corrected chi connectivity index (χ2v) is 5.09. The number of amides is 1. The zero-order valence-corrected chi connectivity index (χ0v) is 10.9. The second kappa shape index (κ2) is 5.09. The molecule has 19 heavy (non-hydrogen) atoms. The van der Waals surface area contributed by atoms with Crippen LogP contribution < -0.4 is 15.4 Å². The smallest absolute Gasteiger partial charge is 0.262 e. The van der Waals surface area contributed by atoms with Gasteiger partial charge in [-0.2, -0.15) is 0 Å². The van der Waals surface area contributed by atoms with Crippen molar-refractivity contribution in [2.75, 3.05) is 23.8 Å². The van der Waals surface area contributed by atoms with E-state index in [1.165, 1.54) is 0 Å². The summed E-state index contributed by atoms with van der Waals surface area (Å²) in [4.78, 5) is 11.3. The van der Waals surface area contributed by atoms with Crippen molar-refractivity contribution < 1.29 is 14.3 Å². The summed E-state index contributed by atoms with van der Waals surface area (Å²) in [5, 5.41) is 6.31. The molecule has 2 N–H and O–H groups in total. The molecule has 5 nitrogen and oxygen atoms in total. The maximum Gasteiger partial charge on any atom is 0.262 e. The van der Waals surface area contributed by atoms with Crippen molar-refractivity contribution in [3.63, 3.8) is 0 Å². The monoisotopic (exact) mass is 262 g/mol. The summed E-state index contributed by atoms with van der Waals surface area (Å²) < 4.78 is 10.9. The zero-order valence-electron chi connectivity index (χ0n) is 10.9. The Hall–Kier alpha value is -1.75. The van der Waals surface area contributed by atoms with Crippen LogP contribution in [0.15, 0.2) is 18.2 Å². The molecule has 2 atom stereocenters. The number of hydrogen-bond acceptors (Lipinski definition) is 4. The zero-order chi connectivity index (χ0) is 13.2. The topological polar surface area (TPSA) is 59.6 Å². The average molecular weight is 262 g/mol. The molecule has 2 unspecified atom stereocenters. The maximum absolute atomic E-state index is 11.3. The number of nitrogens with one attached hydrogen (secondary N) is 2. The average Bonchev–Trinajstić information content (AvgIpc) is 2.38. The number of hydrogen-bond donors (Lipinski definition) is 2. The van der Waals surface area contributed by atoms with Gasteiger partial charge in [0.1, 0.15) is 5.75 Å². The molecule has 2 aliphatic heterocycles. The number of ether oxygens (including phenoxy) is 2. The van der Waals surface area contributed by atoms with Gasteiger partial charge in [-0.3, -0.25) is 4.79 Å². The van der Waals surface area contributed by atoms with Crippen molar-refractivity contribution in [1.82, 2.24) is 0 Å². The fraction of sp³-hybridized carbons (Fsp3) is 0.500. The number of carbonyl (C=O) groups excluding carboxylic acids is 1. The van der Waals surface area contributed by atoms with Crippen LogP contribution in [0.1, 0.15) is 19.8 Å². The standard InChI is InChI=1S/C14H18N2O3/c1-9-6-11(4-5-18-9)15-10-2-3-13-12(7-10)16-14(17)8-19-13/h2-3,7,9,11,15H,4-6,8H2,1H3,(H,16,17). The van der Waals surface area contributed by atoms with E-state index in [2.05, 4.69) is 17.6 Å². The predicted octanol–water partition coefficient (Wildman–Crippen LogP) is 2.00. The van der Waals surface area contributed by atoms with E-state index < -0.39 is 0 Å². The Balaban J connectivity index is 1.71. The molecule has 1 saturated heterocycles. The van der Waals surface area contributed by atoms with Gasteiger partial charge in [0.2, 0.25) is 0 Å². The van der Waals surface area contributed by atoms with Crippen LogP contribution in [0.25, 0.3) is 0 Å². The first-order chi connectivity index (χ1) is 9.20. The van der Waals surface area contributed by atoms with Crippen LogP contribution in [0.4, 0.5) is 11.4 Å². The van der Waals surface area contributed by atoms with Gasteiger partial charge in [0.25, 0.3) is 5.91 Å². The van der Waals surface area contributed by atoms with Gasteiger partial charge in [0.15, 0.2) is 6.61 Å². The highest BCUT2D eigenvalue weighted by molar-refractivity contribution is 5.96. The Morgan fingerprint density at radius 1 is 1.42 bits per heavy atom. The van der Waals surface area contributed by atoms with Crippen molar-refractivity contribution in [2.45, 2.75) is 31.9 Å². The molecule has 0 aliphatic carbocycles. The van der Waals surface area contributed by atoms with Crippen molar-refractivity contribution in [3.8, 4) is 5.75 Å². The molecular formula is C14H18N2O3. The Bertz CT molecular complexity index is 490. The predicted molar refractivity (Wildman–Crippen MR) is 72.6 cm³/mol. The van der Waals surface area contributed by atoms with Crippen LogP contribution in [0.3, 0.4) is 0 Å². The van der Waals surface area contributed by atoms with E-state index in [-0.39, 0.29) is 12.5 Å². The summed E-state index contributed by atoms with van der Waals surface area (Å²) in [5.41, 5.74) is 1.74. The number of anilines is 2. The molecule has 1 amide bonds. The lowest BCUT2D eigenvalue weighted by molar-refractivity contribution is -0.118. The molecule has 5 heteroatoms. The van der Waals surface area contributed by atoms with Crippen LogP contribution in [0.5, 0.6) is 5.75 Å². The molecule has 1 aromatic carbocycles. The number of benzene rings is 1. The fourth-order valence-corrected chi connectivity index (χ4v) is 2.54. The first-order valence-electron chi connectivity index (χ1n) is 6.65. The quantitative estimate of drug-likeness (QED) is 0.855. The van der Waals surface area contributed by atoms with E-state index in [0.717, 1.165) is 36.6 Å². The molecule has 102 valence electrons. The van der Waals surface area contributed by atoms with Crippen molar-refractivity contribution in [3.05, 3.63) is 18.2 Å². The summed E-state index contributed by atoms with van der Waals surface area (Å²) in [6.07, 6.45) is 2.30. The molecule has 1 aromatic rings. The minimum Gasteiger partial charge on any atom is -0.482 e. The van der Waals surface area contributed by atoms with Gasteiger partial charge < -0.3 is 20.1 Å². The van der Waals surface area contributed by atoms with Gasteiger partial charge in [-0.15, -0.1) is 0 Å². The van der Waals surface area contributed by atoms with E-state index in [1.54, 1.807) is 0 Å². The highest BCUT2D eigenvalue weighted by atomic mass is 16.5. The Labute approximate surface area is 112 Å². The lowest BCUT2D eigenvalue weighted by atomic mass is 10.0. The van der Waals surface area contributed by atoms with Crippen LogP contribution in [0, 0.1) is 0 Å². The summed E-state index contributed by atoms with van der Waals surface area (Å²) in [6.45, 7) is 2.98. The number of carbonyl (C=O) groups is 1. The Kier molecular flexibility index (Phi) is 3.29. The molecule has 0 saturated carbocycles. The Morgan fingerprint density at radius 2 is 2.32 bits per heavy atom. The minimum atomic E-state index is -0.107. The Morgan fingerprint density at radius 3 is 3.16 bits per heavy atom. The number of rotatable bonds is 2. The highest BCUT2D eigenvalue weighted by Gasteiger charge is 2.20.